The Morgan fingerprint density at radius 2 is 2.18 bits per heavy atom. The van der Waals surface area contributed by atoms with Gasteiger partial charge in [0.2, 0.25) is 0 Å². The van der Waals surface area contributed by atoms with E-state index in [0.29, 0.717) is 6.04 Å². The quantitative estimate of drug-likeness (QED) is 0.866. The standard InChI is InChI=1S/C14H14BrNO/c1-16-12-6-7-17-14-11(12)8-9-4-2-3-5-10(9)13(14)15/h2-5,8,12,16H,6-7H2,1H3. The predicted octanol–water partition coefficient (Wildman–Crippen LogP) is 3.65. The molecule has 17 heavy (non-hydrogen) atoms. The summed E-state index contributed by atoms with van der Waals surface area (Å²) in [6.45, 7) is 0.773. The molecule has 0 amide bonds. The van der Waals surface area contributed by atoms with Crippen molar-refractivity contribution in [3.05, 3.63) is 40.4 Å². The van der Waals surface area contributed by atoms with Crippen LogP contribution in [-0.4, -0.2) is 13.7 Å². The summed E-state index contributed by atoms with van der Waals surface area (Å²) in [5.74, 6) is 0.995. The molecule has 0 spiro atoms. The second-order valence-electron chi connectivity index (χ2n) is 4.31. The third-order valence-electron chi connectivity index (χ3n) is 3.35. The lowest BCUT2D eigenvalue weighted by atomic mass is 9.97. The van der Waals surface area contributed by atoms with Crippen molar-refractivity contribution in [1.82, 2.24) is 5.32 Å². The van der Waals surface area contributed by atoms with Gasteiger partial charge in [-0.2, -0.15) is 0 Å². The number of halogens is 1. The van der Waals surface area contributed by atoms with E-state index in [4.69, 9.17) is 4.74 Å². The van der Waals surface area contributed by atoms with Crippen molar-refractivity contribution in [3.63, 3.8) is 0 Å². The Balaban J connectivity index is 2.30. The number of ether oxygens (including phenoxy) is 1. The number of nitrogens with one attached hydrogen (secondary N) is 1. The number of hydrogen-bond donors (Lipinski definition) is 1. The first-order valence-corrected chi connectivity index (χ1v) is 6.62. The Kier molecular flexibility index (Phi) is 2.81. The Morgan fingerprint density at radius 1 is 1.35 bits per heavy atom. The number of hydrogen-bond acceptors (Lipinski definition) is 2. The zero-order chi connectivity index (χ0) is 11.8. The van der Waals surface area contributed by atoms with Gasteiger partial charge >= 0.3 is 0 Å². The maximum atomic E-state index is 5.81. The summed E-state index contributed by atoms with van der Waals surface area (Å²) in [7, 11) is 2.00. The number of fused-ring (bicyclic) bond motifs is 2. The average Bonchev–Trinajstić information content (AvgIpc) is 2.38. The molecule has 3 rings (SSSR count). The first-order valence-electron chi connectivity index (χ1n) is 5.82. The molecule has 0 saturated heterocycles. The largest absolute Gasteiger partial charge is 0.492 e. The average molecular weight is 292 g/mol. The molecule has 0 radical (unpaired) electrons. The molecule has 0 fully saturated rings. The van der Waals surface area contributed by atoms with Crippen molar-refractivity contribution in [2.75, 3.05) is 13.7 Å². The zero-order valence-corrected chi connectivity index (χ0v) is 11.3. The summed E-state index contributed by atoms with van der Waals surface area (Å²) >= 11 is 3.67. The summed E-state index contributed by atoms with van der Waals surface area (Å²) in [4.78, 5) is 0. The minimum absolute atomic E-state index is 0.389. The SMILES string of the molecule is CNC1CCOc2c1cc1ccccc1c2Br. The van der Waals surface area contributed by atoms with E-state index >= 15 is 0 Å². The molecule has 88 valence electrons. The maximum Gasteiger partial charge on any atom is 0.138 e. The van der Waals surface area contributed by atoms with Crippen LogP contribution >= 0.6 is 15.9 Å². The molecule has 0 aliphatic carbocycles. The summed E-state index contributed by atoms with van der Waals surface area (Å²) in [6, 6.07) is 11.0. The van der Waals surface area contributed by atoms with Crippen molar-refractivity contribution in [3.8, 4) is 5.75 Å². The van der Waals surface area contributed by atoms with Crippen LogP contribution in [0.2, 0.25) is 0 Å². The fourth-order valence-electron chi connectivity index (χ4n) is 2.44. The highest BCUT2D eigenvalue weighted by Gasteiger charge is 2.23. The maximum absolute atomic E-state index is 5.81. The molecule has 1 heterocycles. The minimum atomic E-state index is 0.389. The van der Waals surface area contributed by atoms with Gasteiger partial charge in [0.1, 0.15) is 5.75 Å². The molecule has 0 saturated carbocycles. The van der Waals surface area contributed by atoms with Crippen LogP contribution in [0.1, 0.15) is 18.0 Å². The first kappa shape index (κ1) is 11.1. The van der Waals surface area contributed by atoms with Gasteiger partial charge in [-0.3, -0.25) is 0 Å². The molecule has 2 aromatic carbocycles. The van der Waals surface area contributed by atoms with Crippen molar-refractivity contribution in [2.24, 2.45) is 0 Å². The smallest absolute Gasteiger partial charge is 0.138 e. The molecule has 1 unspecified atom stereocenters. The molecule has 1 aliphatic rings. The van der Waals surface area contributed by atoms with Gasteiger partial charge < -0.3 is 10.1 Å². The molecule has 2 aromatic rings. The fourth-order valence-corrected chi connectivity index (χ4v) is 3.15. The van der Waals surface area contributed by atoms with Crippen molar-refractivity contribution in [1.29, 1.82) is 0 Å². The third kappa shape index (κ3) is 1.74. The van der Waals surface area contributed by atoms with Crippen molar-refractivity contribution in [2.45, 2.75) is 12.5 Å². The first-order chi connectivity index (χ1) is 8.31. The van der Waals surface area contributed by atoms with E-state index in [9.17, 15) is 0 Å². The Bertz CT molecular complexity index is 567. The van der Waals surface area contributed by atoms with Crippen LogP contribution in [0, 0.1) is 0 Å². The minimum Gasteiger partial charge on any atom is -0.492 e. The summed E-state index contributed by atoms with van der Waals surface area (Å²) < 4.78 is 6.88. The Morgan fingerprint density at radius 3 is 3.00 bits per heavy atom. The lowest BCUT2D eigenvalue weighted by Gasteiger charge is -2.27. The lowest BCUT2D eigenvalue weighted by Crippen LogP contribution is -2.24. The van der Waals surface area contributed by atoms with Gasteiger partial charge in [-0.15, -0.1) is 0 Å². The van der Waals surface area contributed by atoms with Crippen LogP contribution < -0.4 is 10.1 Å². The topological polar surface area (TPSA) is 21.3 Å². The fraction of sp³-hybridized carbons (Fsp3) is 0.286. The predicted molar refractivity (Wildman–Crippen MR) is 73.6 cm³/mol. The van der Waals surface area contributed by atoms with E-state index in [1.807, 2.05) is 7.05 Å². The molecule has 2 nitrogen and oxygen atoms in total. The van der Waals surface area contributed by atoms with Gasteiger partial charge in [-0.1, -0.05) is 24.3 Å². The Hall–Kier alpha value is -1.06. The molecule has 1 N–H and O–H groups in total. The highest BCUT2D eigenvalue weighted by molar-refractivity contribution is 9.10. The van der Waals surface area contributed by atoms with Gasteiger partial charge in [-0.05, 0) is 39.8 Å². The van der Waals surface area contributed by atoms with Gasteiger partial charge in [0.25, 0.3) is 0 Å². The highest BCUT2D eigenvalue weighted by Crippen LogP contribution is 2.42. The molecule has 0 aromatic heterocycles. The van der Waals surface area contributed by atoms with Crippen LogP contribution in [0.3, 0.4) is 0 Å². The normalized spacial score (nSPS) is 18.8. The van der Waals surface area contributed by atoms with Gasteiger partial charge in [-0.25, -0.2) is 0 Å². The van der Waals surface area contributed by atoms with Crippen LogP contribution in [0.15, 0.2) is 34.8 Å². The van der Waals surface area contributed by atoms with E-state index in [1.165, 1.54) is 16.3 Å². The molecule has 1 atom stereocenters. The number of rotatable bonds is 1. The van der Waals surface area contributed by atoms with Crippen LogP contribution in [-0.2, 0) is 0 Å². The monoisotopic (exact) mass is 291 g/mol. The van der Waals surface area contributed by atoms with E-state index in [-0.39, 0.29) is 0 Å². The van der Waals surface area contributed by atoms with E-state index in [1.54, 1.807) is 0 Å². The second-order valence-corrected chi connectivity index (χ2v) is 5.10. The van der Waals surface area contributed by atoms with Gasteiger partial charge in [0, 0.05) is 18.0 Å². The van der Waals surface area contributed by atoms with Crippen LogP contribution in [0.4, 0.5) is 0 Å². The summed E-state index contributed by atoms with van der Waals surface area (Å²) in [5, 5.41) is 5.82. The number of benzene rings is 2. The van der Waals surface area contributed by atoms with Crippen LogP contribution in [0.25, 0.3) is 10.8 Å². The third-order valence-corrected chi connectivity index (χ3v) is 4.13. The van der Waals surface area contributed by atoms with Crippen molar-refractivity contribution < 1.29 is 4.74 Å². The summed E-state index contributed by atoms with van der Waals surface area (Å²) in [6.07, 6.45) is 1.02. The van der Waals surface area contributed by atoms with Crippen LogP contribution in [0.5, 0.6) is 5.75 Å². The van der Waals surface area contributed by atoms with Gasteiger partial charge in [0.15, 0.2) is 0 Å². The van der Waals surface area contributed by atoms with E-state index in [0.717, 1.165) is 23.2 Å². The zero-order valence-electron chi connectivity index (χ0n) is 9.66. The molecule has 3 heteroatoms. The Labute approximate surface area is 109 Å². The molecule has 0 bridgehead atoms. The van der Waals surface area contributed by atoms with E-state index < -0.39 is 0 Å². The molecular weight excluding hydrogens is 278 g/mol. The lowest BCUT2D eigenvalue weighted by molar-refractivity contribution is 0.256. The molecule has 1 aliphatic heterocycles. The van der Waals surface area contributed by atoms with Crippen molar-refractivity contribution >= 4 is 26.7 Å². The van der Waals surface area contributed by atoms with E-state index in [2.05, 4.69) is 51.6 Å². The highest BCUT2D eigenvalue weighted by atomic mass is 79.9. The summed E-state index contributed by atoms with van der Waals surface area (Å²) in [5.41, 5.74) is 1.25. The molecular formula is C14H14BrNO. The second kappa shape index (κ2) is 4.31. The van der Waals surface area contributed by atoms with Gasteiger partial charge in [0.05, 0.1) is 11.1 Å².